The second-order valence-electron chi connectivity index (χ2n) is 5.66. The quantitative estimate of drug-likeness (QED) is 0.382. The maximum absolute atomic E-state index is 12.1. The third-order valence-corrected chi connectivity index (χ3v) is 4.68. The molecule has 1 amide bonds. The first-order chi connectivity index (χ1) is 13.6. The number of amides is 1. The molecule has 0 heterocycles. The summed E-state index contributed by atoms with van der Waals surface area (Å²) in [6, 6.07) is 10.5. The molecule has 0 fully saturated rings. The van der Waals surface area contributed by atoms with E-state index in [0.29, 0.717) is 4.31 Å². The van der Waals surface area contributed by atoms with Gasteiger partial charge < -0.3 is 0 Å². The first-order valence-corrected chi connectivity index (χ1v) is 9.72. The molecule has 0 aliphatic carbocycles. The van der Waals surface area contributed by atoms with Crippen LogP contribution in [0.15, 0.2) is 53.6 Å². The van der Waals surface area contributed by atoms with Crippen LogP contribution in [0.1, 0.15) is 5.56 Å². The van der Waals surface area contributed by atoms with Crippen LogP contribution in [-0.4, -0.2) is 43.2 Å². The van der Waals surface area contributed by atoms with Crippen LogP contribution in [0, 0.1) is 20.2 Å². The molecule has 2 aromatic rings. The summed E-state index contributed by atoms with van der Waals surface area (Å²) >= 11 is 0. The van der Waals surface area contributed by atoms with E-state index in [1.54, 1.807) is 6.07 Å². The zero-order valence-corrected chi connectivity index (χ0v) is 15.8. The summed E-state index contributed by atoms with van der Waals surface area (Å²) in [6.07, 6.45) is 1.89. The summed E-state index contributed by atoms with van der Waals surface area (Å²) in [5.41, 5.74) is 1.58. The molecule has 0 atom stereocenters. The van der Waals surface area contributed by atoms with Gasteiger partial charge in [-0.2, -0.15) is 5.10 Å². The molecular formula is C16H15N5O7S. The van der Waals surface area contributed by atoms with Gasteiger partial charge in [0.15, 0.2) is 0 Å². The van der Waals surface area contributed by atoms with Crippen molar-refractivity contribution in [3.8, 4) is 0 Å². The fourth-order valence-corrected chi connectivity index (χ4v) is 3.11. The summed E-state index contributed by atoms with van der Waals surface area (Å²) in [5.74, 6) is -0.850. The predicted octanol–water partition coefficient (Wildman–Crippen LogP) is 1.42. The van der Waals surface area contributed by atoms with E-state index >= 15 is 0 Å². The van der Waals surface area contributed by atoms with E-state index in [1.165, 1.54) is 36.4 Å². The Labute approximate surface area is 164 Å². The summed E-state index contributed by atoms with van der Waals surface area (Å²) in [6.45, 7) is -0.700. The standard InChI is InChI=1S/C16H15N5O7S/c1-29(27,28)19(13-6-4-7-14(9-13)20(23)24)11-16(22)18-17-10-12-5-2-3-8-15(12)21(25)26/h2-10H,11H2,1H3,(H,18,22)/b17-10-. The lowest BCUT2D eigenvalue weighted by atomic mass is 10.2. The Morgan fingerprint density at radius 3 is 2.45 bits per heavy atom. The van der Waals surface area contributed by atoms with Gasteiger partial charge in [0.2, 0.25) is 10.0 Å². The van der Waals surface area contributed by atoms with Gasteiger partial charge >= 0.3 is 0 Å². The van der Waals surface area contributed by atoms with Gasteiger partial charge in [-0.1, -0.05) is 18.2 Å². The number of anilines is 1. The van der Waals surface area contributed by atoms with Crippen molar-refractivity contribution in [3.05, 3.63) is 74.3 Å². The number of nitro groups is 2. The third-order valence-electron chi connectivity index (χ3n) is 3.54. The zero-order chi connectivity index (χ0) is 21.6. The number of carbonyl (C=O) groups excluding carboxylic acids is 1. The molecule has 1 N–H and O–H groups in total. The molecule has 0 saturated carbocycles. The van der Waals surface area contributed by atoms with Crippen molar-refractivity contribution in [2.45, 2.75) is 0 Å². The van der Waals surface area contributed by atoms with Gasteiger partial charge in [0.25, 0.3) is 17.3 Å². The number of non-ortho nitro benzene ring substituents is 1. The summed E-state index contributed by atoms with van der Waals surface area (Å²) in [4.78, 5) is 32.6. The SMILES string of the molecule is CS(=O)(=O)N(CC(=O)N/N=C\c1ccccc1[N+](=O)[O-])c1cccc([N+](=O)[O-])c1. The first kappa shape index (κ1) is 21.4. The minimum absolute atomic E-state index is 0.0699. The van der Waals surface area contributed by atoms with Gasteiger partial charge in [0.05, 0.1) is 33.6 Å². The highest BCUT2D eigenvalue weighted by Gasteiger charge is 2.22. The maximum Gasteiger partial charge on any atom is 0.278 e. The highest BCUT2D eigenvalue weighted by atomic mass is 32.2. The highest BCUT2D eigenvalue weighted by molar-refractivity contribution is 7.92. The number of nitro benzene ring substituents is 2. The van der Waals surface area contributed by atoms with Crippen molar-refractivity contribution < 1.29 is 23.1 Å². The number of hydrazone groups is 1. The maximum atomic E-state index is 12.1. The number of hydrogen-bond acceptors (Lipinski definition) is 8. The van der Waals surface area contributed by atoms with E-state index in [0.717, 1.165) is 18.5 Å². The Morgan fingerprint density at radius 1 is 1.14 bits per heavy atom. The molecule has 29 heavy (non-hydrogen) atoms. The second-order valence-corrected chi connectivity index (χ2v) is 7.56. The van der Waals surface area contributed by atoms with Gasteiger partial charge in [-0.25, -0.2) is 13.8 Å². The molecule has 0 unspecified atom stereocenters. The highest BCUT2D eigenvalue weighted by Crippen LogP contribution is 2.23. The van der Waals surface area contributed by atoms with E-state index in [-0.39, 0.29) is 22.6 Å². The van der Waals surface area contributed by atoms with E-state index in [4.69, 9.17) is 0 Å². The van der Waals surface area contributed by atoms with Gasteiger partial charge in [0, 0.05) is 18.2 Å². The lowest BCUT2D eigenvalue weighted by Crippen LogP contribution is -2.39. The number of carbonyl (C=O) groups is 1. The smallest absolute Gasteiger partial charge is 0.271 e. The molecule has 2 aromatic carbocycles. The molecule has 0 spiro atoms. The third kappa shape index (κ3) is 5.80. The van der Waals surface area contributed by atoms with Crippen LogP contribution in [-0.2, 0) is 14.8 Å². The van der Waals surface area contributed by atoms with Crippen LogP contribution in [0.25, 0.3) is 0 Å². The molecule has 2 rings (SSSR count). The fourth-order valence-electron chi connectivity index (χ4n) is 2.26. The van der Waals surface area contributed by atoms with Crippen LogP contribution in [0.2, 0.25) is 0 Å². The average molecular weight is 421 g/mol. The van der Waals surface area contributed by atoms with Crippen LogP contribution in [0.5, 0.6) is 0 Å². The van der Waals surface area contributed by atoms with Gasteiger partial charge in [-0.05, 0) is 12.1 Å². The van der Waals surface area contributed by atoms with E-state index in [1.807, 2.05) is 0 Å². The van der Waals surface area contributed by atoms with E-state index in [9.17, 15) is 33.4 Å². The number of para-hydroxylation sites is 1. The molecule has 0 saturated heterocycles. The Bertz CT molecular complexity index is 1080. The minimum Gasteiger partial charge on any atom is -0.271 e. The molecule has 0 radical (unpaired) electrons. The second kappa shape index (κ2) is 8.88. The topological polar surface area (TPSA) is 165 Å². The number of hydrogen-bond donors (Lipinski definition) is 1. The van der Waals surface area contributed by atoms with E-state index < -0.39 is 32.3 Å². The number of nitrogens with zero attached hydrogens (tertiary/aromatic N) is 4. The van der Waals surface area contributed by atoms with Crippen molar-refractivity contribution in [3.63, 3.8) is 0 Å². The van der Waals surface area contributed by atoms with Crippen molar-refractivity contribution >= 4 is 39.2 Å². The van der Waals surface area contributed by atoms with Crippen molar-refractivity contribution in [1.29, 1.82) is 0 Å². The van der Waals surface area contributed by atoms with Crippen LogP contribution in [0.4, 0.5) is 17.1 Å². The van der Waals surface area contributed by atoms with Gasteiger partial charge in [-0.3, -0.25) is 29.3 Å². The summed E-state index contributed by atoms with van der Waals surface area (Å²) in [5, 5.41) is 25.4. The Kier molecular flexibility index (Phi) is 6.56. The molecule has 13 heteroatoms. The average Bonchev–Trinajstić information content (AvgIpc) is 2.65. The molecule has 0 aliphatic rings. The monoisotopic (exact) mass is 421 g/mol. The normalized spacial score (nSPS) is 11.2. The largest absolute Gasteiger partial charge is 0.278 e. The Morgan fingerprint density at radius 2 is 1.83 bits per heavy atom. The van der Waals surface area contributed by atoms with E-state index in [2.05, 4.69) is 10.5 Å². The molecule has 12 nitrogen and oxygen atoms in total. The number of nitrogens with one attached hydrogen (secondary N) is 1. The fraction of sp³-hybridized carbons (Fsp3) is 0.125. The molecule has 0 bridgehead atoms. The predicted molar refractivity (Wildman–Crippen MR) is 104 cm³/mol. The van der Waals surface area contributed by atoms with Gasteiger partial charge in [-0.15, -0.1) is 0 Å². The Balaban J connectivity index is 2.17. The van der Waals surface area contributed by atoms with Crippen LogP contribution < -0.4 is 9.73 Å². The summed E-state index contributed by atoms with van der Waals surface area (Å²) < 4.78 is 24.7. The lowest BCUT2D eigenvalue weighted by Gasteiger charge is -2.21. The van der Waals surface area contributed by atoms with Crippen LogP contribution >= 0.6 is 0 Å². The first-order valence-electron chi connectivity index (χ1n) is 7.87. The number of benzene rings is 2. The van der Waals surface area contributed by atoms with Gasteiger partial charge in [0.1, 0.15) is 6.54 Å². The summed E-state index contributed by atoms with van der Waals surface area (Å²) in [7, 11) is -3.94. The lowest BCUT2D eigenvalue weighted by molar-refractivity contribution is -0.385. The van der Waals surface area contributed by atoms with Crippen molar-refractivity contribution in [2.24, 2.45) is 5.10 Å². The number of rotatable bonds is 8. The van der Waals surface area contributed by atoms with Crippen molar-refractivity contribution in [1.82, 2.24) is 5.43 Å². The molecular weight excluding hydrogens is 406 g/mol. The molecule has 0 aromatic heterocycles. The molecule has 0 aliphatic heterocycles. The minimum atomic E-state index is -3.94. The zero-order valence-electron chi connectivity index (χ0n) is 15.0. The number of sulfonamides is 1. The Hall–Kier alpha value is -3.87. The van der Waals surface area contributed by atoms with Crippen LogP contribution in [0.3, 0.4) is 0 Å². The van der Waals surface area contributed by atoms with Crippen molar-refractivity contribution in [2.75, 3.05) is 17.1 Å². The molecule has 152 valence electrons.